The molecule has 1 aliphatic rings. The van der Waals surface area contributed by atoms with Gasteiger partial charge in [0.15, 0.2) is 5.96 Å². The number of hydrogen-bond acceptors (Lipinski definition) is 4. The van der Waals surface area contributed by atoms with E-state index in [4.69, 9.17) is 9.47 Å². The van der Waals surface area contributed by atoms with Crippen LogP contribution in [0.1, 0.15) is 32.6 Å². The molecule has 1 saturated carbocycles. The van der Waals surface area contributed by atoms with Crippen LogP contribution >= 0.6 is 0 Å². The second-order valence-corrected chi connectivity index (χ2v) is 7.07. The van der Waals surface area contributed by atoms with Gasteiger partial charge in [-0.05, 0) is 31.9 Å². The van der Waals surface area contributed by atoms with E-state index in [0.717, 1.165) is 24.3 Å². The van der Waals surface area contributed by atoms with Crippen LogP contribution in [0.4, 0.5) is 0 Å². The van der Waals surface area contributed by atoms with Gasteiger partial charge in [-0.3, -0.25) is 4.79 Å². The van der Waals surface area contributed by atoms with Crippen LogP contribution in [0.5, 0.6) is 11.5 Å². The zero-order chi connectivity index (χ0) is 19.6. The van der Waals surface area contributed by atoms with Crippen LogP contribution in [0.25, 0.3) is 0 Å². The second-order valence-electron chi connectivity index (χ2n) is 7.07. The monoisotopic (exact) mass is 376 g/mol. The first-order valence-electron chi connectivity index (χ1n) is 9.53. The summed E-state index contributed by atoms with van der Waals surface area (Å²) >= 11 is 0. The first kappa shape index (κ1) is 20.9. The molecule has 0 saturated heterocycles. The number of hydrogen-bond donors (Lipinski definition) is 2. The minimum absolute atomic E-state index is 0.0248. The van der Waals surface area contributed by atoms with E-state index in [0.29, 0.717) is 18.5 Å². The van der Waals surface area contributed by atoms with Gasteiger partial charge in [-0.25, -0.2) is 4.99 Å². The smallest absolute Gasteiger partial charge is 0.243 e. The molecule has 2 rings (SSSR count). The molecule has 0 aromatic heterocycles. The molecule has 7 heteroatoms. The van der Waals surface area contributed by atoms with Crippen molar-refractivity contribution in [3.05, 3.63) is 24.3 Å². The number of amides is 1. The van der Waals surface area contributed by atoms with E-state index in [1.54, 1.807) is 26.1 Å². The van der Waals surface area contributed by atoms with Gasteiger partial charge < -0.3 is 25.0 Å². The molecule has 150 valence electrons. The Kier molecular flexibility index (Phi) is 8.23. The van der Waals surface area contributed by atoms with Crippen molar-refractivity contribution in [3.8, 4) is 11.5 Å². The fourth-order valence-electron chi connectivity index (χ4n) is 2.89. The third-order valence-electron chi connectivity index (χ3n) is 4.50. The zero-order valence-electron chi connectivity index (χ0n) is 16.8. The predicted molar refractivity (Wildman–Crippen MR) is 107 cm³/mol. The van der Waals surface area contributed by atoms with Gasteiger partial charge in [-0.15, -0.1) is 0 Å². The van der Waals surface area contributed by atoms with Crippen molar-refractivity contribution in [2.24, 2.45) is 4.99 Å². The largest absolute Gasteiger partial charge is 0.497 e. The topological polar surface area (TPSA) is 75.2 Å². The standard InChI is InChI=1S/C20H32N4O3/c1-15(27-18-11-7-10-17(12-18)26-4)13-21-20(22-14-19(25)24(2)3)23-16-8-5-6-9-16/h7,10-12,15-16H,5-6,8-9,13-14H2,1-4H3,(H2,21,22,23). The van der Waals surface area contributed by atoms with Gasteiger partial charge in [-0.1, -0.05) is 18.9 Å². The second kappa shape index (κ2) is 10.6. The molecule has 1 aromatic rings. The number of aliphatic imine (C=N–C) groups is 1. The van der Waals surface area contributed by atoms with E-state index in [9.17, 15) is 4.79 Å². The molecular weight excluding hydrogens is 344 g/mol. The van der Waals surface area contributed by atoms with Crippen LogP contribution in [0.15, 0.2) is 29.3 Å². The highest BCUT2D eigenvalue weighted by molar-refractivity contribution is 5.85. The lowest BCUT2D eigenvalue weighted by molar-refractivity contribution is -0.127. The van der Waals surface area contributed by atoms with Crippen molar-refractivity contribution in [3.63, 3.8) is 0 Å². The molecule has 0 radical (unpaired) electrons. The predicted octanol–water partition coefficient (Wildman–Crippen LogP) is 2.03. The summed E-state index contributed by atoms with van der Waals surface area (Å²) in [6, 6.07) is 7.96. The van der Waals surface area contributed by atoms with Crippen molar-refractivity contribution in [2.75, 3.05) is 34.3 Å². The van der Waals surface area contributed by atoms with Gasteiger partial charge >= 0.3 is 0 Å². The number of nitrogens with one attached hydrogen (secondary N) is 2. The quantitative estimate of drug-likeness (QED) is 0.536. The molecule has 0 spiro atoms. The number of methoxy groups -OCH3 is 1. The summed E-state index contributed by atoms with van der Waals surface area (Å²) in [5, 5.41) is 6.74. The van der Waals surface area contributed by atoms with Crippen LogP contribution < -0.4 is 20.1 Å². The first-order valence-corrected chi connectivity index (χ1v) is 9.53. The summed E-state index contributed by atoms with van der Waals surface area (Å²) in [6.45, 7) is 2.69. The van der Waals surface area contributed by atoms with Gasteiger partial charge in [0.05, 0.1) is 13.7 Å². The van der Waals surface area contributed by atoms with E-state index < -0.39 is 0 Å². The van der Waals surface area contributed by atoms with Gasteiger partial charge in [0.2, 0.25) is 5.91 Å². The molecule has 0 bridgehead atoms. The maximum atomic E-state index is 11.9. The normalized spacial score (nSPS) is 15.9. The molecule has 1 atom stereocenters. The number of guanidine groups is 1. The highest BCUT2D eigenvalue weighted by atomic mass is 16.5. The van der Waals surface area contributed by atoms with E-state index in [1.165, 1.54) is 12.8 Å². The average Bonchev–Trinajstić information content (AvgIpc) is 3.16. The summed E-state index contributed by atoms with van der Waals surface area (Å²) in [5.74, 6) is 2.16. The Morgan fingerprint density at radius 2 is 2.00 bits per heavy atom. The Labute approximate surface area is 162 Å². The van der Waals surface area contributed by atoms with Gasteiger partial charge in [-0.2, -0.15) is 0 Å². The third-order valence-corrected chi connectivity index (χ3v) is 4.50. The highest BCUT2D eigenvalue weighted by Gasteiger charge is 2.17. The zero-order valence-corrected chi connectivity index (χ0v) is 16.8. The van der Waals surface area contributed by atoms with Crippen molar-refractivity contribution in [1.29, 1.82) is 0 Å². The lowest BCUT2D eigenvalue weighted by Gasteiger charge is -2.21. The van der Waals surface area contributed by atoms with E-state index in [-0.39, 0.29) is 18.6 Å². The Morgan fingerprint density at radius 3 is 2.67 bits per heavy atom. The molecule has 1 aromatic carbocycles. The van der Waals surface area contributed by atoms with Crippen LogP contribution in [0.2, 0.25) is 0 Å². The molecule has 1 unspecified atom stereocenters. The number of carbonyl (C=O) groups excluding carboxylic acids is 1. The summed E-state index contributed by atoms with van der Waals surface area (Å²) in [7, 11) is 5.11. The van der Waals surface area contributed by atoms with E-state index >= 15 is 0 Å². The summed E-state index contributed by atoms with van der Waals surface area (Å²) in [4.78, 5) is 17.8. The first-order chi connectivity index (χ1) is 13.0. The molecule has 27 heavy (non-hydrogen) atoms. The van der Waals surface area contributed by atoms with E-state index in [1.807, 2.05) is 31.2 Å². The number of rotatable bonds is 8. The number of nitrogens with zero attached hydrogens (tertiary/aromatic N) is 2. The molecular formula is C20H32N4O3. The summed E-state index contributed by atoms with van der Waals surface area (Å²) < 4.78 is 11.2. The van der Waals surface area contributed by atoms with Crippen molar-refractivity contribution in [1.82, 2.24) is 15.5 Å². The minimum Gasteiger partial charge on any atom is -0.497 e. The van der Waals surface area contributed by atoms with Crippen LogP contribution in [0.3, 0.4) is 0 Å². The fraction of sp³-hybridized carbons (Fsp3) is 0.600. The number of likely N-dealkylation sites (N-methyl/N-ethyl adjacent to an activating group) is 1. The fourth-order valence-corrected chi connectivity index (χ4v) is 2.89. The Bertz CT molecular complexity index is 627. The van der Waals surface area contributed by atoms with Gasteiger partial charge in [0.25, 0.3) is 0 Å². The Morgan fingerprint density at radius 1 is 1.30 bits per heavy atom. The van der Waals surface area contributed by atoms with Crippen molar-refractivity contribution in [2.45, 2.75) is 44.8 Å². The lowest BCUT2D eigenvalue weighted by atomic mass is 10.2. The van der Waals surface area contributed by atoms with Crippen molar-refractivity contribution >= 4 is 11.9 Å². The summed E-state index contributed by atoms with van der Waals surface area (Å²) in [5.41, 5.74) is 0. The van der Waals surface area contributed by atoms with E-state index in [2.05, 4.69) is 15.6 Å². The molecule has 1 amide bonds. The molecule has 1 fully saturated rings. The van der Waals surface area contributed by atoms with Gasteiger partial charge in [0, 0.05) is 26.2 Å². The maximum Gasteiger partial charge on any atom is 0.243 e. The molecule has 2 N–H and O–H groups in total. The average molecular weight is 377 g/mol. The lowest BCUT2D eigenvalue weighted by Crippen LogP contribution is -2.46. The van der Waals surface area contributed by atoms with Crippen LogP contribution in [-0.2, 0) is 4.79 Å². The minimum atomic E-state index is -0.0720. The van der Waals surface area contributed by atoms with Crippen LogP contribution in [0, 0.1) is 0 Å². The van der Waals surface area contributed by atoms with Gasteiger partial charge in [0.1, 0.15) is 24.1 Å². The molecule has 0 aliphatic heterocycles. The Balaban J connectivity index is 1.90. The third kappa shape index (κ3) is 7.37. The highest BCUT2D eigenvalue weighted by Crippen LogP contribution is 2.20. The number of carbonyl (C=O) groups is 1. The number of benzene rings is 1. The van der Waals surface area contributed by atoms with Crippen LogP contribution in [-0.4, -0.2) is 63.2 Å². The number of ether oxygens (including phenoxy) is 2. The van der Waals surface area contributed by atoms with Crippen molar-refractivity contribution < 1.29 is 14.3 Å². The SMILES string of the molecule is COc1cccc(OC(C)CNC(=NCC(=O)N(C)C)NC2CCCC2)c1. The summed E-state index contributed by atoms with van der Waals surface area (Å²) in [6.07, 6.45) is 4.67. The Hall–Kier alpha value is -2.44. The molecule has 1 aliphatic carbocycles. The molecule has 0 heterocycles. The maximum absolute atomic E-state index is 11.9. The molecule has 7 nitrogen and oxygen atoms in total.